The van der Waals surface area contributed by atoms with Crippen molar-refractivity contribution in [1.29, 1.82) is 10.5 Å². The van der Waals surface area contributed by atoms with Crippen LogP contribution in [-0.4, -0.2) is 29.7 Å². The standard InChI is InChI=1S/C21H21BrN6O/c1-12(29)28-7-5-13(6-8-28)20-16(10-24)18(17(11-25)21(26)27-20)15-4-2-3-14(9-23)19(15)22/h2-4,11,13,18H,5-8,25H2,1H3,(H2,26,27)/b17-11-. The van der Waals surface area contributed by atoms with Gasteiger partial charge in [0.2, 0.25) is 5.91 Å². The number of nitrogens with zero attached hydrogens (tertiary/aromatic N) is 4. The van der Waals surface area contributed by atoms with Gasteiger partial charge in [-0.05, 0) is 40.4 Å². The number of amides is 1. The Morgan fingerprint density at radius 2 is 2.00 bits per heavy atom. The maximum Gasteiger partial charge on any atom is 0.219 e. The van der Waals surface area contributed by atoms with E-state index in [0.29, 0.717) is 52.8 Å². The molecule has 1 saturated heterocycles. The maximum absolute atomic E-state index is 11.6. The lowest BCUT2D eigenvalue weighted by Gasteiger charge is -2.34. The number of allylic oxidation sites excluding steroid dienone is 2. The van der Waals surface area contributed by atoms with Crippen molar-refractivity contribution < 1.29 is 4.79 Å². The van der Waals surface area contributed by atoms with Gasteiger partial charge < -0.3 is 16.4 Å². The number of hydrogen-bond donors (Lipinski definition) is 2. The van der Waals surface area contributed by atoms with Crippen LogP contribution in [0.4, 0.5) is 0 Å². The van der Waals surface area contributed by atoms with Crippen molar-refractivity contribution in [2.75, 3.05) is 13.1 Å². The van der Waals surface area contributed by atoms with Crippen molar-refractivity contribution in [2.45, 2.75) is 25.7 Å². The van der Waals surface area contributed by atoms with Gasteiger partial charge in [0.05, 0.1) is 28.8 Å². The third-order valence-electron chi connectivity index (χ3n) is 5.50. The van der Waals surface area contributed by atoms with Crippen molar-refractivity contribution >= 4 is 27.7 Å². The Morgan fingerprint density at radius 1 is 1.31 bits per heavy atom. The maximum atomic E-state index is 11.6. The van der Waals surface area contributed by atoms with Gasteiger partial charge in [-0.3, -0.25) is 4.79 Å². The average molecular weight is 453 g/mol. The molecule has 3 rings (SSSR count). The van der Waals surface area contributed by atoms with Crippen molar-refractivity contribution in [3.8, 4) is 12.1 Å². The van der Waals surface area contributed by atoms with Crippen LogP contribution in [0, 0.1) is 28.6 Å². The highest BCUT2D eigenvalue weighted by molar-refractivity contribution is 9.10. The van der Waals surface area contributed by atoms with Gasteiger partial charge in [0, 0.05) is 42.2 Å². The minimum Gasteiger partial charge on any atom is -0.404 e. The molecule has 148 valence electrons. The van der Waals surface area contributed by atoms with Crippen LogP contribution < -0.4 is 11.5 Å². The van der Waals surface area contributed by atoms with Gasteiger partial charge in [-0.2, -0.15) is 10.5 Å². The quantitative estimate of drug-likeness (QED) is 0.711. The van der Waals surface area contributed by atoms with Gasteiger partial charge in [-0.1, -0.05) is 12.1 Å². The van der Waals surface area contributed by atoms with E-state index in [1.54, 1.807) is 24.0 Å². The molecule has 2 aliphatic heterocycles. The van der Waals surface area contributed by atoms with E-state index >= 15 is 0 Å². The van der Waals surface area contributed by atoms with Crippen LogP contribution in [0.15, 0.2) is 50.7 Å². The molecule has 8 heteroatoms. The smallest absolute Gasteiger partial charge is 0.219 e. The van der Waals surface area contributed by atoms with Gasteiger partial charge in [0.15, 0.2) is 0 Å². The zero-order chi connectivity index (χ0) is 21.1. The molecule has 2 aliphatic rings. The fourth-order valence-corrected chi connectivity index (χ4v) is 4.55. The van der Waals surface area contributed by atoms with Gasteiger partial charge in [-0.25, -0.2) is 4.99 Å². The van der Waals surface area contributed by atoms with E-state index in [4.69, 9.17) is 11.5 Å². The van der Waals surface area contributed by atoms with E-state index in [1.165, 1.54) is 6.20 Å². The van der Waals surface area contributed by atoms with Crippen LogP contribution in [0.5, 0.6) is 0 Å². The van der Waals surface area contributed by atoms with E-state index in [2.05, 4.69) is 33.1 Å². The number of amidine groups is 1. The summed E-state index contributed by atoms with van der Waals surface area (Å²) in [4.78, 5) is 18.0. The normalized spacial score (nSPS) is 21.5. The fraction of sp³-hybridized carbons (Fsp3) is 0.333. The van der Waals surface area contributed by atoms with E-state index in [-0.39, 0.29) is 17.7 Å². The molecule has 0 radical (unpaired) electrons. The highest BCUT2D eigenvalue weighted by Crippen LogP contribution is 2.43. The lowest BCUT2D eigenvalue weighted by Crippen LogP contribution is -2.38. The summed E-state index contributed by atoms with van der Waals surface area (Å²) >= 11 is 3.50. The van der Waals surface area contributed by atoms with Crippen LogP contribution in [0.3, 0.4) is 0 Å². The molecular weight excluding hydrogens is 432 g/mol. The van der Waals surface area contributed by atoms with Gasteiger partial charge >= 0.3 is 0 Å². The van der Waals surface area contributed by atoms with Crippen LogP contribution in [0.2, 0.25) is 0 Å². The van der Waals surface area contributed by atoms with E-state index in [9.17, 15) is 15.3 Å². The van der Waals surface area contributed by atoms with Crippen LogP contribution in [-0.2, 0) is 4.79 Å². The number of aliphatic imine (C=N–C) groups is 1. The second kappa shape index (κ2) is 8.50. The number of carbonyl (C=O) groups excluding carboxylic acids is 1. The summed E-state index contributed by atoms with van der Waals surface area (Å²) in [5.74, 6) is -0.160. The molecule has 0 saturated carbocycles. The van der Waals surface area contributed by atoms with Crippen LogP contribution in [0.25, 0.3) is 0 Å². The minimum absolute atomic E-state index is 0.0264. The van der Waals surface area contributed by atoms with E-state index in [1.807, 2.05) is 6.07 Å². The third kappa shape index (κ3) is 3.76. The molecule has 2 heterocycles. The summed E-state index contributed by atoms with van der Waals surface area (Å²) in [6.07, 6.45) is 2.80. The lowest BCUT2D eigenvalue weighted by molar-refractivity contribution is -0.130. The molecule has 0 spiro atoms. The Morgan fingerprint density at radius 3 is 2.55 bits per heavy atom. The first-order chi connectivity index (χ1) is 13.9. The number of likely N-dealkylation sites (tertiary alicyclic amines) is 1. The SMILES string of the molecule is CC(=O)N1CCC(C2=C(C#N)C(c3cccc(C#N)c3Br)/C(=C/N)C(N)=N2)CC1. The van der Waals surface area contributed by atoms with Gasteiger partial charge in [0.1, 0.15) is 11.9 Å². The monoisotopic (exact) mass is 452 g/mol. The number of piperidine rings is 1. The number of halogens is 1. The zero-order valence-electron chi connectivity index (χ0n) is 16.0. The van der Waals surface area contributed by atoms with Crippen LogP contribution in [0.1, 0.15) is 36.8 Å². The first-order valence-electron chi connectivity index (χ1n) is 9.27. The molecule has 7 nitrogen and oxygen atoms in total. The molecule has 0 bridgehead atoms. The highest BCUT2D eigenvalue weighted by Gasteiger charge is 2.36. The lowest BCUT2D eigenvalue weighted by atomic mass is 9.78. The van der Waals surface area contributed by atoms with Crippen molar-refractivity contribution in [3.05, 3.63) is 56.8 Å². The largest absolute Gasteiger partial charge is 0.404 e. The molecule has 0 aromatic heterocycles. The number of carbonyl (C=O) groups is 1. The molecule has 1 fully saturated rings. The predicted molar refractivity (Wildman–Crippen MR) is 113 cm³/mol. The minimum atomic E-state index is -0.508. The number of rotatable bonds is 2. The summed E-state index contributed by atoms with van der Waals surface area (Å²) in [7, 11) is 0. The highest BCUT2D eigenvalue weighted by atomic mass is 79.9. The molecule has 1 unspecified atom stereocenters. The Hall–Kier alpha value is -3.10. The van der Waals surface area contributed by atoms with Gasteiger partial charge in [0.25, 0.3) is 0 Å². The first kappa shape index (κ1) is 20.6. The topological polar surface area (TPSA) is 132 Å². The van der Waals surface area contributed by atoms with Gasteiger partial charge in [-0.15, -0.1) is 0 Å². The summed E-state index contributed by atoms with van der Waals surface area (Å²) in [5, 5.41) is 19.4. The van der Waals surface area contributed by atoms with E-state index < -0.39 is 5.92 Å². The van der Waals surface area contributed by atoms with Crippen LogP contribution >= 0.6 is 15.9 Å². The molecule has 1 amide bonds. The zero-order valence-corrected chi connectivity index (χ0v) is 17.6. The summed E-state index contributed by atoms with van der Waals surface area (Å²) in [6.45, 7) is 2.80. The molecule has 1 aromatic rings. The first-order valence-corrected chi connectivity index (χ1v) is 10.1. The molecule has 1 aromatic carbocycles. The Labute approximate surface area is 178 Å². The summed E-state index contributed by atoms with van der Waals surface area (Å²) in [6, 6.07) is 9.79. The van der Waals surface area contributed by atoms with Crippen molar-refractivity contribution in [3.63, 3.8) is 0 Å². The Bertz CT molecular complexity index is 1020. The molecular formula is C21H21BrN6O. The summed E-state index contributed by atoms with van der Waals surface area (Å²) in [5.41, 5.74) is 15.0. The third-order valence-corrected chi connectivity index (χ3v) is 6.38. The second-order valence-corrected chi connectivity index (χ2v) is 7.86. The predicted octanol–water partition coefficient (Wildman–Crippen LogP) is 2.65. The number of nitriles is 2. The number of nitrogens with two attached hydrogens (primary N) is 2. The average Bonchev–Trinajstić information content (AvgIpc) is 2.73. The molecule has 0 aliphatic carbocycles. The fourth-order valence-electron chi connectivity index (χ4n) is 3.97. The molecule has 29 heavy (non-hydrogen) atoms. The second-order valence-electron chi connectivity index (χ2n) is 7.06. The number of hydrogen-bond acceptors (Lipinski definition) is 6. The Kier molecular flexibility index (Phi) is 6.05. The van der Waals surface area contributed by atoms with E-state index in [0.717, 1.165) is 5.56 Å². The summed E-state index contributed by atoms with van der Waals surface area (Å²) < 4.78 is 0.611. The Balaban J connectivity index is 2.11. The number of benzene rings is 1. The molecule has 4 N–H and O–H groups in total. The van der Waals surface area contributed by atoms with Crippen molar-refractivity contribution in [2.24, 2.45) is 22.4 Å². The molecule has 1 atom stereocenters. The van der Waals surface area contributed by atoms with Crippen molar-refractivity contribution in [1.82, 2.24) is 4.90 Å².